The topological polar surface area (TPSA) is 66.5 Å². The number of benzene rings is 2. The van der Waals surface area contributed by atoms with E-state index in [0.29, 0.717) is 16.3 Å². The van der Waals surface area contributed by atoms with Crippen molar-refractivity contribution in [2.24, 2.45) is 0 Å². The second-order valence-corrected chi connectivity index (χ2v) is 7.60. The highest BCUT2D eigenvalue weighted by Gasteiger charge is 2.36. The molecule has 0 saturated carbocycles. The van der Waals surface area contributed by atoms with Gasteiger partial charge in [0.25, 0.3) is 11.1 Å². The van der Waals surface area contributed by atoms with Crippen LogP contribution in [0.5, 0.6) is 0 Å². The molecule has 138 valence electrons. The fourth-order valence-corrected chi connectivity index (χ4v) is 3.58. The molecule has 0 radical (unpaired) electrons. The van der Waals surface area contributed by atoms with E-state index in [-0.39, 0.29) is 11.4 Å². The summed E-state index contributed by atoms with van der Waals surface area (Å²) >= 11 is 6.75. The van der Waals surface area contributed by atoms with Crippen molar-refractivity contribution < 1.29 is 14.4 Å². The van der Waals surface area contributed by atoms with Crippen molar-refractivity contribution in [2.75, 3.05) is 11.9 Å². The number of carbonyl (C=O) groups excluding carboxylic acids is 3. The first-order valence-corrected chi connectivity index (χ1v) is 9.41. The molecule has 1 aliphatic rings. The minimum Gasteiger partial charge on any atom is -0.325 e. The molecule has 0 aliphatic carbocycles. The van der Waals surface area contributed by atoms with E-state index in [2.05, 4.69) is 5.32 Å². The van der Waals surface area contributed by atoms with E-state index in [1.807, 2.05) is 26.0 Å². The Bertz CT molecular complexity index is 971. The molecule has 0 aromatic heterocycles. The number of hydrogen-bond acceptors (Lipinski definition) is 4. The molecule has 3 amide bonds. The molecule has 0 atom stereocenters. The van der Waals surface area contributed by atoms with Crippen LogP contribution in [0.2, 0.25) is 5.02 Å². The first kappa shape index (κ1) is 19.2. The fraction of sp³-hybridized carbons (Fsp3) is 0.150. The Kier molecular flexibility index (Phi) is 5.68. The van der Waals surface area contributed by atoms with Crippen LogP contribution in [0.3, 0.4) is 0 Å². The molecule has 1 saturated heterocycles. The van der Waals surface area contributed by atoms with Gasteiger partial charge in [-0.3, -0.25) is 19.3 Å². The predicted molar refractivity (Wildman–Crippen MR) is 109 cm³/mol. The van der Waals surface area contributed by atoms with Crippen molar-refractivity contribution in [1.29, 1.82) is 0 Å². The minimum absolute atomic E-state index is 0.265. The van der Waals surface area contributed by atoms with Crippen LogP contribution in [0.4, 0.5) is 10.5 Å². The van der Waals surface area contributed by atoms with Crippen LogP contribution in [0.15, 0.2) is 47.4 Å². The molecule has 7 heteroatoms. The average Bonchev–Trinajstić information content (AvgIpc) is 2.86. The highest BCUT2D eigenvalue weighted by molar-refractivity contribution is 8.18. The van der Waals surface area contributed by atoms with Gasteiger partial charge in [0.1, 0.15) is 6.54 Å². The summed E-state index contributed by atoms with van der Waals surface area (Å²) in [7, 11) is 0. The number of halogens is 1. The quantitative estimate of drug-likeness (QED) is 0.759. The lowest BCUT2D eigenvalue weighted by Crippen LogP contribution is -2.36. The number of rotatable bonds is 4. The third kappa shape index (κ3) is 4.59. The van der Waals surface area contributed by atoms with E-state index in [1.54, 1.807) is 36.4 Å². The summed E-state index contributed by atoms with van der Waals surface area (Å²) in [6.07, 6.45) is 1.60. The first-order valence-electron chi connectivity index (χ1n) is 8.21. The van der Waals surface area contributed by atoms with Gasteiger partial charge in [-0.15, -0.1) is 0 Å². The molecular formula is C20H17ClN2O3S. The van der Waals surface area contributed by atoms with E-state index in [4.69, 9.17) is 11.6 Å². The summed E-state index contributed by atoms with van der Waals surface area (Å²) in [5.74, 6) is -0.912. The Morgan fingerprint density at radius 1 is 1.15 bits per heavy atom. The van der Waals surface area contributed by atoms with Gasteiger partial charge in [0, 0.05) is 10.7 Å². The molecule has 5 nitrogen and oxygen atoms in total. The van der Waals surface area contributed by atoms with Gasteiger partial charge in [0.2, 0.25) is 5.91 Å². The summed E-state index contributed by atoms with van der Waals surface area (Å²) in [4.78, 5) is 38.1. The highest BCUT2D eigenvalue weighted by Crippen LogP contribution is 2.32. The lowest BCUT2D eigenvalue weighted by atomic mass is 10.1. The average molecular weight is 401 g/mol. The predicted octanol–water partition coefficient (Wildman–Crippen LogP) is 4.63. The zero-order valence-electron chi connectivity index (χ0n) is 14.8. The number of carbonyl (C=O) groups is 3. The van der Waals surface area contributed by atoms with E-state index in [0.717, 1.165) is 27.8 Å². The van der Waals surface area contributed by atoms with Gasteiger partial charge in [0.15, 0.2) is 0 Å². The zero-order valence-corrected chi connectivity index (χ0v) is 16.4. The zero-order chi connectivity index (χ0) is 19.6. The third-order valence-corrected chi connectivity index (χ3v) is 5.25. The summed E-state index contributed by atoms with van der Waals surface area (Å²) in [6, 6.07) is 12.5. The number of nitrogens with zero attached hydrogens (tertiary/aromatic N) is 1. The van der Waals surface area contributed by atoms with E-state index < -0.39 is 17.1 Å². The van der Waals surface area contributed by atoms with Crippen LogP contribution >= 0.6 is 23.4 Å². The van der Waals surface area contributed by atoms with Crippen molar-refractivity contribution in [3.05, 3.63) is 69.1 Å². The molecule has 1 heterocycles. The number of nitrogens with one attached hydrogen (secondary N) is 1. The maximum atomic E-state index is 12.5. The molecule has 2 aromatic carbocycles. The summed E-state index contributed by atoms with van der Waals surface area (Å²) in [5, 5.41) is 2.79. The summed E-state index contributed by atoms with van der Waals surface area (Å²) in [5.41, 5.74) is 3.51. The molecule has 2 aromatic rings. The van der Waals surface area contributed by atoms with Crippen molar-refractivity contribution >= 4 is 52.2 Å². The molecule has 0 bridgehead atoms. The van der Waals surface area contributed by atoms with Gasteiger partial charge in [-0.05, 0) is 72.6 Å². The smallest absolute Gasteiger partial charge is 0.294 e. The molecule has 1 fully saturated rings. The monoisotopic (exact) mass is 400 g/mol. The Morgan fingerprint density at radius 3 is 2.63 bits per heavy atom. The van der Waals surface area contributed by atoms with Crippen LogP contribution in [-0.2, 0) is 9.59 Å². The van der Waals surface area contributed by atoms with Crippen LogP contribution in [0.25, 0.3) is 6.08 Å². The molecule has 1 aliphatic heterocycles. The fourth-order valence-electron chi connectivity index (χ4n) is 2.55. The van der Waals surface area contributed by atoms with Crippen molar-refractivity contribution in [3.8, 4) is 0 Å². The van der Waals surface area contributed by atoms with Crippen LogP contribution in [0.1, 0.15) is 16.7 Å². The maximum absolute atomic E-state index is 12.5. The first-order chi connectivity index (χ1) is 12.8. The molecule has 0 spiro atoms. The Balaban J connectivity index is 1.69. The number of aryl methyl sites for hydroxylation is 2. The summed E-state index contributed by atoms with van der Waals surface area (Å²) in [6.45, 7) is 3.60. The van der Waals surface area contributed by atoms with Gasteiger partial charge in [-0.1, -0.05) is 29.8 Å². The largest absolute Gasteiger partial charge is 0.325 e. The van der Waals surface area contributed by atoms with Crippen molar-refractivity contribution in [1.82, 2.24) is 4.90 Å². The standard InChI is InChI=1S/C20H17ClN2O3S/c1-12-6-7-16(8-13(12)2)22-18(24)11-23-19(25)17(27-20(23)26)10-14-4-3-5-15(21)9-14/h3-10H,11H2,1-2H3,(H,22,24). The lowest BCUT2D eigenvalue weighted by molar-refractivity contribution is -0.127. The minimum atomic E-state index is -0.486. The van der Waals surface area contributed by atoms with E-state index >= 15 is 0 Å². The third-order valence-electron chi connectivity index (χ3n) is 4.11. The highest BCUT2D eigenvalue weighted by atomic mass is 35.5. The van der Waals surface area contributed by atoms with Gasteiger partial charge in [-0.25, -0.2) is 0 Å². The van der Waals surface area contributed by atoms with Gasteiger partial charge < -0.3 is 5.32 Å². The van der Waals surface area contributed by atoms with E-state index in [9.17, 15) is 14.4 Å². The normalized spacial score (nSPS) is 15.5. The molecule has 1 N–H and O–H groups in total. The lowest BCUT2D eigenvalue weighted by Gasteiger charge is -2.13. The van der Waals surface area contributed by atoms with Crippen molar-refractivity contribution in [3.63, 3.8) is 0 Å². The maximum Gasteiger partial charge on any atom is 0.294 e. The Labute approximate surface area is 166 Å². The number of thioether (sulfide) groups is 1. The van der Waals surface area contributed by atoms with E-state index in [1.165, 1.54) is 0 Å². The van der Waals surface area contributed by atoms with Crippen molar-refractivity contribution in [2.45, 2.75) is 13.8 Å². The van der Waals surface area contributed by atoms with Crippen LogP contribution in [0, 0.1) is 13.8 Å². The van der Waals surface area contributed by atoms with Gasteiger partial charge in [0.05, 0.1) is 4.91 Å². The molecular weight excluding hydrogens is 384 g/mol. The van der Waals surface area contributed by atoms with Crippen LogP contribution < -0.4 is 5.32 Å². The van der Waals surface area contributed by atoms with Gasteiger partial charge in [-0.2, -0.15) is 0 Å². The number of anilines is 1. The molecule has 0 unspecified atom stereocenters. The second-order valence-electron chi connectivity index (χ2n) is 6.17. The summed E-state index contributed by atoms with van der Waals surface area (Å²) < 4.78 is 0. The Hall–Kier alpha value is -2.57. The number of imide groups is 1. The number of amides is 3. The number of hydrogen-bond donors (Lipinski definition) is 1. The molecule has 27 heavy (non-hydrogen) atoms. The Morgan fingerprint density at radius 2 is 1.93 bits per heavy atom. The SMILES string of the molecule is Cc1ccc(NC(=O)CN2C(=O)SC(=Cc3cccc(Cl)c3)C2=O)cc1C. The molecule has 3 rings (SSSR count). The van der Waals surface area contributed by atoms with Gasteiger partial charge >= 0.3 is 0 Å². The second kappa shape index (κ2) is 7.98. The van der Waals surface area contributed by atoms with Crippen LogP contribution in [-0.4, -0.2) is 28.5 Å².